The molecule has 9 heavy (non-hydrogen) atoms. The first-order valence-corrected chi connectivity index (χ1v) is 3.21. The second kappa shape index (κ2) is 2.69. The van der Waals surface area contributed by atoms with Gasteiger partial charge in [-0.3, -0.25) is 0 Å². The molecular weight excluding hydrogens is 112 g/mol. The van der Waals surface area contributed by atoms with Crippen molar-refractivity contribution in [1.29, 1.82) is 0 Å². The monoisotopic (exact) mass is 124 g/mol. The molecule has 2 nitrogen and oxygen atoms in total. The Morgan fingerprint density at radius 2 is 2.44 bits per heavy atom. The maximum absolute atomic E-state index is 5.40. The minimum atomic E-state index is 0.646. The summed E-state index contributed by atoms with van der Waals surface area (Å²) in [4.78, 5) is 0. The van der Waals surface area contributed by atoms with Crippen LogP contribution in [0.2, 0.25) is 0 Å². The molecule has 1 heterocycles. The normalized spacial score (nSPS) is 10.0. The molecule has 2 heteroatoms. The third kappa shape index (κ3) is 1.33. The van der Waals surface area contributed by atoms with Crippen molar-refractivity contribution >= 4 is 0 Å². The third-order valence-electron chi connectivity index (χ3n) is 1.41. The first-order valence-electron chi connectivity index (χ1n) is 3.21. The molecule has 50 valence electrons. The highest BCUT2D eigenvalue weighted by molar-refractivity contribution is 5.09. The van der Waals surface area contributed by atoms with E-state index < -0.39 is 0 Å². The maximum Gasteiger partial charge on any atom is 0.0193 e. The topological polar surface area (TPSA) is 30.9 Å². The SMILES string of the molecule is CCn1ccc(CN)c1. The van der Waals surface area contributed by atoms with Crippen molar-refractivity contribution < 1.29 is 0 Å². The van der Waals surface area contributed by atoms with Gasteiger partial charge in [0.15, 0.2) is 0 Å². The molecule has 0 radical (unpaired) electrons. The lowest BCUT2D eigenvalue weighted by molar-refractivity contribution is 0.765. The molecule has 0 spiro atoms. The Morgan fingerprint density at radius 3 is 2.78 bits per heavy atom. The summed E-state index contributed by atoms with van der Waals surface area (Å²) >= 11 is 0. The number of hydrogen-bond acceptors (Lipinski definition) is 1. The lowest BCUT2D eigenvalue weighted by Crippen LogP contribution is -1.94. The Hall–Kier alpha value is -0.760. The Labute approximate surface area is 55.3 Å². The second-order valence-corrected chi connectivity index (χ2v) is 2.05. The zero-order chi connectivity index (χ0) is 6.69. The average molecular weight is 124 g/mol. The summed E-state index contributed by atoms with van der Waals surface area (Å²) in [5.74, 6) is 0. The molecular formula is C7H12N2. The molecule has 0 unspecified atom stereocenters. The van der Waals surface area contributed by atoms with Gasteiger partial charge >= 0.3 is 0 Å². The molecule has 0 fully saturated rings. The Morgan fingerprint density at radius 1 is 1.67 bits per heavy atom. The van der Waals surface area contributed by atoms with E-state index in [-0.39, 0.29) is 0 Å². The van der Waals surface area contributed by atoms with Crippen molar-refractivity contribution in [3.05, 3.63) is 24.0 Å². The van der Waals surface area contributed by atoms with Gasteiger partial charge in [-0.1, -0.05) is 0 Å². The summed E-state index contributed by atoms with van der Waals surface area (Å²) in [5, 5.41) is 0. The summed E-state index contributed by atoms with van der Waals surface area (Å²) in [5.41, 5.74) is 6.61. The molecule has 2 N–H and O–H groups in total. The molecule has 0 amide bonds. The lowest BCUT2D eigenvalue weighted by Gasteiger charge is -1.91. The average Bonchev–Trinajstić information content (AvgIpc) is 2.34. The van der Waals surface area contributed by atoms with Crippen molar-refractivity contribution in [2.24, 2.45) is 5.73 Å². The van der Waals surface area contributed by atoms with Crippen LogP contribution in [0.4, 0.5) is 0 Å². The van der Waals surface area contributed by atoms with Crippen LogP contribution in [0.1, 0.15) is 12.5 Å². The van der Waals surface area contributed by atoms with E-state index in [1.54, 1.807) is 0 Å². The van der Waals surface area contributed by atoms with E-state index in [0.717, 1.165) is 6.54 Å². The van der Waals surface area contributed by atoms with Crippen LogP contribution < -0.4 is 5.73 Å². The predicted octanol–water partition coefficient (Wildman–Crippen LogP) is 0.967. The van der Waals surface area contributed by atoms with Gasteiger partial charge in [-0.2, -0.15) is 0 Å². The molecule has 1 aromatic rings. The minimum Gasteiger partial charge on any atom is -0.354 e. The van der Waals surface area contributed by atoms with Gasteiger partial charge in [0.25, 0.3) is 0 Å². The fourth-order valence-electron chi connectivity index (χ4n) is 0.808. The second-order valence-electron chi connectivity index (χ2n) is 2.05. The van der Waals surface area contributed by atoms with Gasteiger partial charge in [0.1, 0.15) is 0 Å². The van der Waals surface area contributed by atoms with Crippen LogP contribution in [0.5, 0.6) is 0 Å². The van der Waals surface area contributed by atoms with Crippen LogP contribution in [0.15, 0.2) is 18.5 Å². The Balaban J connectivity index is 2.74. The highest BCUT2D eigenvalue weighted by atomic mass is 14.9. The number of nitrogens with zero attached hydrogens (tertiary/aromatic N) is 1. The van der Waals surface area contributed by atoms with E-state index in [9.17, 15) is 0 Å². The van der Waals surface area contributed by atoms with Crippen molar-refractivity contribution in [3.8, 4) is 0 Å². The van der Waals surface area contributed by atoms with E-state index in [1.165, 1.54) is 5.56 Å². The van der Waals surface area contributed by atoms with Crippen molar-refractivity contribution in [2.45, 2.75) is 20.0 Å². The largest absolute Gasteiger partial charge is 0.354 e. The van der Waals surface area contributed by atoms with Gasteiger partial charge in [-0.25, -0.2) is 0 Å². The highest BCUT2D eigenvalue weighted by Gasteiger charge is 1.89. The predicted molar refractivity (Wildman–Crippen MR) is 38.0 cm³/mol. The van der Waals surface area contributed by atoms with Crippen LogP contribution >= 0.6 is 0 Å². The maximum atomic E-state index is 5.40. The quantitative estimate of drug-likeness (QED) is 0.625. The molecule has 0 bridgehead atoms. The zero-order valence-corrected chi connectivity index (χ0v) is 5.67. The van der Waals surface area contributed by atoms with Crippen LogP contribution in [0, 0.1) is 0 Å². The van der Waals surface area contributed by atoms with Gasteiger partial charge in [0.05, 0.1) is 0 Å². The molecule has 0 aromatic carbocycles. The standard InChI is InChI=1S/C7H12N2/c1-2-9-4-3-7(5-8)6-9/h3-4,6H,2,5,8H2,1H3. The summed E-state index contributed by atoms with van der Waals surface area (Å²) in [6, 6.07) is 2.05. The fourth-order valence-corrected chi connectivity index (χ4v) is 0.808. The minimum absolute atomic E-state index is 0.646. The van der Waals surface area contributed by atoms with E-state index in [4.69, 9.17) is 5.73 Å². The lowest BCUT2D eigenvalue weighted by atomic mass is 10.4. The molecule has 0 saturated heterocycles. The number of hydrogen-bond donors (Lipinski definition) is 1. The molecule has 0 aliphatic carbocycles. The third-order valence-corrected chi connectivity index (χ3v) is 1.41. The van der Waals surface area contributed by atoms with Gasteiger partial charge < -0.3 is 10.3 Å². The molecule has 0 aliphatic heterocycles. The molecule has 1 rings (SSSR count). The van der Waals surface area contributed by atoms with E-state index in [1.807, 2.05) is 12.3 Å². The Kier molecular flexibility index (Phi) is 1.90. The van der Waals surface area contributed by atoms with Crippen LogP contribution in [0.3, 0.4) is 0 Å². The number of nitrogens with two attached hydrogens (primary N) is 1. The van der Waals surface area contributed by atoms with Crippen LogP contribution in [-0.2, 0) is 13.1 Å². The molecule has 0 atom stereocenters. The van der Waals surface area contributed by atoms with Crippen molar-refractivity contribution in [3.63, 3.8) is 0 Å². The summed E-state index contributed by atoms with van der Waals surface area (Å²) in [6.07, 6.45) is 4.11. The smallest absolute Gasteiger partial charge is 0.0193 e. The zero-order valence-electron chi connectivity index (χ0n) is 5.67. The number of rotatable bonds is 2. The molecule has 1 aromatic heterocycles. The first-order chi connectivity index (χ1) is 4.36. The van der Waals surface area contributed by atoms with Gasteiger partial charge in [-0.05, 0) is 18.6 Å². The summed E-state index contributed by atoms with van der Waals surface area (Å²) < 4.78 is 2.11. The number of aryl methyl sites for hydroxylation is 1. The van der Waals surface area contributed by atoms with E-state index in [0.29, 0.717) is 6.54 Å². The Bertz CT molecular complexity index is 160. The molecule has 0 saturated carbocycles. The van der Waals surface area contributed by atoms with Gasteiger partial charge in [0, 0.05) is 25.5 Å². The van der Waals surface area contributed by atoms with Crippen molar-refractivity contribution in [1.82, 2.24) is 4.57 Å². The van der Waals surface area contributed by atoms with Gasteiger partial charge in [-0.15, -0.1) is 0 Å². The summed E-state index contributed by atoms with van der Waals surface area (Å²) in [7, 11) is 0. The van der Waals surface area contributed by atoms with E-state index in [2.05, 4.69) is 17.7 Å². The first kappa shape index (κ1) is 6.36. The number of aromatic nitrogens is 1. The highest BCUT2D eigenvalue weighted by Crippen LogP contribution is 1.98. The van der Waals surface area contributed by atoms with Crippen molar-refractivity contribution in [2.75, 3.05) is 0 Å². The summed E-state index contributed by atoms with van der Waals surface area (Å²) in [6.45, 7) is 3.79. The van der Waals surface area contributed by atoms with E-state index >= 15 is 0 Å². The molecule has 0 aliphatic rings. The van der Waals surface area contributed by atoms with Crippen LogP contribution in [-0.4, -0.2) is 4.57 Å². The van der Waals surface area contributed by atoms with Gasteiger partial charge in [0.2, 0.25) is 0 Å². The van der Waals surface area contributed by atoms with Crippen LogP contribution in [0.25, 0.3) is 0 Å². The fraction of sp³-hybridized carbons (Fsp3) is 0.429.